The minimum absolute atomic E-state index is 0.225. The average molecular weight is 383 g/mol. The molecule has 0 N–H and O–H groups in total. The van der Waals surface area contributed by atoms with Crippen molar-refractivity contribution in [2.24, 2.45) is 0 Å². The Balaban J connectivity index is 1.61. The van der Waals surface area contributed by atoms with Crippen LogP contribution >= 0.6 is 15.9 Å². The molecule has 3 rings (SSSR count). The molecule has 0 amide bonds. The highest BCUT2D eigenvalue weighted by Crippen LogP contribution is 2.22. The Labute approximate surface area is 149 Å². The van der Waals surface area contributed by atoms with Crippen molar-refractivity contribution >= 4 is 21.9 Å². The minimum atomic E-state index is -0.364. The van der Waals surface area contributed by atoms with Gasteiger partial charge in [-0.25, -0.2) is 4.79 Å². The second-order valence-electron chi connectivity index (χ2n) is 5.11. The molecular weight excluding hydrogens is 368 g/mol. The molecule has 0 aliphatic carbocycles. The first-order chi connectivity index (χ1) is 11.7. The van der Waals surface area contributed by atoms with E-state index in [2.05, 4.69) is 15.9 Å². The number of benzene rings is 3. The van der Waals surface area contributed by atoms with Crippen molar-refractivity contribution in [3.8, 4) is 11.5 Å². The lowest BCUT2D eigenvalue weighted by Gasteiger charge is -2.08. The molecule has 0 heterocycles. The molecule has 24 heavy (non-hydrogen) atoms. The van der Waals surface area contributed by atoms with Crippen LogP contribution in [0.3, 0.4) is 0 Å². The zero-order valence-corrected chi connectivity index (χ0v) is 14.4. The molecule has 0 atom stereocenters. The molecule has 0 aromatic heterocycles. The predicted molar refractivity (Wildman–Crippen MR) is 96.2 cm³/mol. The monoisotopic (exact) mass is 382 g/mol. The molecule has 0 unspecified atom stereocenters. The molecule has 3 aromatic rings. The second-order valence-corrected chi connectivity index (χ2v) is 5.96. The number of carbonyl (C=O) groups is 1. The molecule has 0 saturated carbocycles. The standard InChI is InChI=1S/C20H15BrO3/c21-19-9-5-4-6-16(19)14-23-20(22)15-10-12-18(13-11-15)24-17-7-2-1-3-8-17/h1-13H,14H2. The normalized spacial score (nSPS) is 10.2. The Morgan fingerprint density at radius 2 is 1.42 bits per heavy atom. The third-order valence-electron chi connectivity index (χ3n) is 3.39. The summed E-state index contributed by atoms with van der Waals surface area (Å²) in [5, 5.41) is 0. The van der Waals surface area contributed by atoms with Crippen LogP contribution in [0.15, 0.2) is 83.3 Å². The highest BCUT2D eigenvalue weighted by Gasteiger charge is 2.09. The highest BCUT2D eigenvalue weighted by atomic mass is 79.9. The number of ether oxygens (including phenoxy) is 2. The summed E-state index contributed by atoms with van der Waals surface area (Å²) in [5.74, 6) is 1.06. The summed E-state index contributed by atoms with van der Waals surface area (Å²) in [4.78, 5) is 12.1. The van der Waals surface area contributed by atoms with Gasteiger partial charge in [0.2, 0.25) is 0 Å². The van der Waals surface area contributed by atoms with Crippen molar-refractivity contribution in [2.75, 3.05) is 0 Å². The molecule has 0 spiro atoms. The Hall–Kier alpha value is -2.59. The highest BCUT2D eigenvalue weighted by molar-refractivity contribution is 9.10. The van der Waals surface area contributed by atoms with Crippen LogP contribution < -0.4 is 4.74 Å². The molecule has 3 nitrogen and oxygen atoms in total. The van der Waals surface area contributed by atoms with Crippen LogP contribution in [0.4, 0.5) is 0 Å². The van der Waals surface area contributed by atoms with Crippen LogP contribution in [-0.2, 0) is 11.3 Å². The molecule has 0 saturated heterocycles. The fourth-order valence-corrected chi connectivity index (χ4v) is 2.53. The van der Waals surface area contributed by atoms with Gasteiger partial charge < -0.3 is 9.47 Å². The molecule has 3 aromatic carbocycles. The van der Waals surface area contributed by atoms with Gasteiger partial charge in [-0.3, -0.25) is 0 Å². The SMILES string of the molecule is O=C(OCc1ccccc1Br)c1ccc(Oc2ccccc2)cc1. The van der Waals surface area contributed by atoms with E-state index in [0.717, 1.165) is 15.8 Å². The van der Waals surface area contributed by atoms with Gasteiger partial charge >= 0.3 is 5.97 Å². The first-order valence-electron chi connectivity index (χ1n) is 7.46. The van der Waals surface area contributed by atoms with Crippen LogP contribution in [0.5, 0.6) is 11.5 Å². The van der Waals surface area contributed by atoms with Gasteiger partial charge in [0.1, 0.15) is 18.1 Å². The molecule has 120 valence electrons. The lowest BCUT2D eigenvalue weighted by molar-refractivity contribution is 0.0472. The van der Waals surface area contributed by atoms with Gasteiger partial charge in [0.05, 0.1) is 5.56 Å². The van der Waals surface area contributed by atoms with Crippen molar-refractivity contribution in [1.82, 2.24) is 0 Å². The van der Waals surface area contributed by atoms with Crippen LogP contribution in [-0.4, -0.2) is 5.97 Å². The lowest BCUT2D eigenvalue weighted by Crippen LogP contribution is -2.05. The number of para-hydroxylation sites is 1. The first-order valence-corrected chi connectivity index (χ1v) is 8.25. The van der Waals surface area contributed by atoms with E-state index in [1.807, 2.05) is 54.6 Å². The van der Waals surface area contributed by atoms with Gasteiger partial charge in [-0.1, -0.05) is 52.3 Å². The number of halogens is 1. The maximum atomic E-state index is 12.1. The van der Waals surface area contributed by atoms with Crippen molar-refractivity contribution in [3.63, 3.8) is 0 Å². The topological polar surface area (TPSA) is 35.5 Å². The Kier molecular flexibility index (Phi) is 5.29. The van der Waals surface area contributed by atoms with E-state index in [4.69, 9.17) is 9.47 Å². The van der Waals surface area contributed by atoms with Gasteiger partial charge in [-0.05, 0) is 42.5 Å². The zero-order valence-electron chi connectivity index (χ0n) is 12.8. The average Bonchev–Trinajstić information content (AvgIpc) is 2.62. The van der Waals surface area contributed by atoms with Crippen LogP contribution in [0.2, 0.25) is 0 Å². The number of esters is 1. The Morgan fingerprint density at radius 1 is 0.792 bits per heavy atom. The predicted octanol–water partition coefficient (Wildman–Crippen LogP) is 5.60. The Bertz CT molecular complexity index is 814. The Morgan fingerprint density at radius 3 is 2.12 bits per heavy atom. The zero-order chi connectivity index (χ0) is 16.8. The molecule has 0 aliphatic rings. The van der Waals surface area contributed by atoms with Gasteiger partial charge in [0.25, 0.3) is 0 Å². The van der Waals surface area contributed by atoms with Gasteiger partial charge in [0, 0.05) is 10.0 Å². The summed E-state index contributed by atoms with van der Waals surface area (Å²) in [6, 6.07) is 24.0. The van der Waals surface area contributed by atoms with Crippen LogP contribution in [0.25, 0.3) is 0 Å². The van der Waals surface area contributed by atoms with Crippen LogP contribution in [0, 0.1) is 0 Å². The maximum Gasteiger partial charge on any atom is 0.338 e. The van der Waals surface area contributed by atoms with E-state index in [-0.39, 0.29) is 12.6 Å². The fourth-order valence-electron chi connectivity index (χ4n) is 2.13. The molecule has 0 radical (unpaired) electrons. The second kappa shape index (κ2) is 7.79. The summed E-state index contributed by atoms with van der Waals surface area (Å²) in [7, 11) is 0. The largest absolute Gasteiger partial charge is 0.457 e. The molecular formula is C20H15BrO3. The van der Waals surface area contributed by atoms with E-state index in [0.29, 0.717) is 11.3 Å². The quantitative estimate of drug-likeness (QED) is 0.538. The molecule has 0 aliphatic heterocycles. The minimum Gasteiger partial charge on any atom is -0.457 e. The van der Waals surface area contributed by atoms with Crippen LogP contribution in [0.1, 0.15) is 15.9 Å². The number of rotatable bonds is 5. The van der Waals surface area contributed by atoms with Crippen molar-refractivity contribution in [2.45, 2.75) is 6.61 Å². The third kappa shape index (κ3) is 4.24. The fraction of sp³-hybridized carbons (Fsp3) is 0.0500. The number of hydrogen-bond donors (Lipinski definition) is 0. The van der Waals surface area contributed by atoms with Gasteiger partial charge in [0.15, 0.2) is 0 Å². The van der Waals surface area contributed by atoms with E-state index < -0.39 is 0 Å². The van der Waals surface area contributed by atoms with E-state index >= 15 is 0 Å². The van der Waals surface area contributed by atoms with Gasteiger partial charge in [-0.15, -0.1) is 0 Å². The van der Waals surface area contributed by atoms with Crippen molar-refractivity contribution < 1.29 is 14.3 Å². The molecule has 0 fully saturated rings. The summed E-state index contributed by atoms with van der Waals surface area (Å²) < 4.78 is 12.0. The van der Waals surface area contributed by atoms with E-state index in [1.54, 1.807) is 24.3 Å². The van der Waals surface area contributed by atoms with E-state index in [1.165, 1.54) is 0 Å². The van der Waals surface area contributed by atoms with Crippen molar-refractivity contribution in [1.29, 1.82) is 0 Å². The summed E-state index contributed by atoms with van der Waals surface area (Å²) in [6.45, 7) is 0.225. The van der Waals surface area contributed by atoms with E-state index in [9.17, 15) is 4.79 Å². The van der Waals surface area contributed by atoms with Crippen molar-refractivity contribution in [3.05, 3.63) is 94.5 Å². The lowest BCUT2D eigenvalue weighted by atomic mass is 10.2. The smallest absolute Gasteiger partial charge is 0.338 e. The summed E-state index contributed by atoms with van der Waals surface area (Å²) in [6.07, 6.45) is 0. The summed E-state index contributed by atoms with van der Waals surface area (Å²) in [5.41, 5.74) is 1.41. The number of hydrogen-bond acceptors (Lipinski definition) is 3. The first kappa shape index (κ1) is 16.3. The third-order valence-corrected chi connectivity index (χ3v) is 4.16. The summed E-state index contributed by atoms with van der Waals surface area (Å²) >= 11 is 3.44. The molecule has 4 heteroatoms. The number of carbonyl (C=O) groups excluding carboxylic acids is 1. The molecule has 0 bridgehead atoms. The maximum absolute atomic E-state index is 12.1. The van der Waals surface area contributed by atoms with Gasteiger partial charge in [-0.2, -0.15) is 0 Å².